The predicted octanol–water partition coefficient (Wildman–Crippen LogP) is 3.65. The molecule has 0 amide bonds. The van der Waals surface area contributed by atoms with Crippen molar-refractivity contribution in [2.45, 2.75) is 52.5 Å². The van der Waals surface area contributed by atoms with E-state index in [-0.39, 0.29) is 0 Å². The number of nitrogens with zero attached hydrogens (tertiary/aromatic N) is 1. The number of rotatable bonds is 7. The van der Waals surface area contributed by atoms with Gasteiger partial charge in [-0.15, -0.1) is 0 Å². The summed E-state index contributed by atoms with van der Waals surface area (Å²) in [5.41, 5.74) is 9.86. The van der Waals surface area contributed by atoms with E-state index in [9.17, 15) is 0 Å². The molecule has 0 aliphatic heterocycles. The van der Waals surface area contributed by atoms with E-state index in [1.165, 1.54) is 42.5 Å². The number of hydrogen-bond acceptors (Lipinski definition) is 2. The molecule has 1 unspecified atom stereocenters. The fourth-order valence-electron chi connectivity index (χ4n) is 2.46. The van der Waals surface area contributed by atoms with Crippen molar-refractivity contribution >= 4 is 5.69 Å². The summed E-state index contributed by atoms with van der Waals surface area (Å²) >= 11 is 0. The van der Waals surface area contributed by atoms with E-state index >= 15 is 0 Å². The molecule has 0 aliphatic rings. The summed E-state index contributed by atoms with van der Waals surface area (Å²) in [4.78, 5) is 2.34. The van der Waals surface area contributed by atoms with Crippen molar-refractivity contribution in [1.82, 2.24) is 0 Å². The summed E-state index contributed by atoms with van der Waals surface area (Å²) in [6.07, 6.45) is 5.03. The minimum atomic E-state index is 0.456. The van der Waals surface area contributed by atoms with Gasteiger partial charge in [-0.05, 0) is 43.5 Å². The van der Waals surface area contributed by atoms with E-state index < -0.39 is 0 Å². The van der Waals surface area contributed by atoms with Crippen molar-refractivity contribution in [3.05, 3.63) is 29.3 Å². The average Bonchev–Trinajstić information content (AvgIpc) is 2.33. The molecule has 0 saturated heterocycles. The maximum Gasteiger partial charge on any atom is 0.0409 e. The molecule has 18 heavy (non-hydrogen) atoms. The van der Waals surface area contributed by atoms with E-state index in [1.54, 1.807) is 0 Å². The van der Waals surface area contributed by atoms with Gasteiger partial charge in [0.1, 0.15) is 0 Å². The number of hydrogen-bond donors (Lipinski definition) is 1. The smallest absolute Gasteiger partial charge is 0.0409 e. The number of nitrogens with two attached hydrogens (primary N) is 1. The number of unbranched alkanes of at least 4 members (excludes halogenated alkanes) is 2. The van der Waals surface area contributed by atoms with Gasteiger partial charge >= 0.3 is 0 Å². The van der Waals surface area contributed by atoms with Crippen LogP contribution in [0.4, 0.5) is 5.69 Å². The Kier molecular flexibility index (Phi) is 6.20. The zero-order chi connectivity index (χ0) is 13.5. The quantitative estimate of drug-likeness (QED) is 0.746. The molecule has 2 heteroatoms. The van der Waals surface area contributed by atoms with Gasteiger partial charge < -0.3 is 10.6 Å². The summed E-state index contributed by atoms with van der Waals surface area (Å²) < 4.78 is 0. The van der Waals surface area contributed by atoms with Crippen LogP contribution in [0.5, 0.6) is 0 Å². The van der Waals surface area contributed by atoms with Crippen molar-refractivity contribution in [2.75, 3.05) is 18.5 Å². The molecule has 2 nitrogen and oxygen atoms in total. The van der Waals surface area contributed by atoms with Gasteiger partial charge in [0.25, 0.3) is 0 Å². The Morgan fingerprint density at radius 2 is 1.72 bits per heavy atom. The number of anilines is 1. The van der Waals surface area contributed by atoms with Gasteiger partial charge in [0.15, 0.2) is 0 Å². The Labute approximate surface area is 112 Å². The van der Waals surface area contributed by atoms with Gasteiger partial charge in [0.2, 0.25) is 0 Å². The third-order valence-electron chi connectivity index (χ3n) is 3.57. The van der Waals surface area contributed by atoms with Crippen molar-refractivity contribution in [3.8, 4) is 0 Å². The first kappa shape index (κ1) is 15.0. The summed E-state index contributed by atoms with van der Waals surface area (Å²) in [5, 5.41) is 0. The first-order valence-electron chi connectivity index (χ1n) is 7.09. The zero-order valence-electron chi connectivity index (χ0n) is 12.4. The van der Waals surface area contributed by atoms with Crippen LogP contribution in [0, 0.1) is 13.8 Å². The van der Waals surface area contributed by atoms with E-state index in [1.807, 2.05) is 0 Å². The Bertz CT molecular complexity index is 340. The van der Waals surface area contributed by atoms with Crippen LogP contribution in [0.25, 0.3) is 0 Å². The minimum absolute atomic E-state index is 0.456. The lowest BCUT2D eigenvalue weighted by molar-refractivity contribution is 0.544. The van der Waals surface area contributed by atoms with Crippen LogP contribution < -0.4 is 10.6 Å². The summed E-state index contributed by atoms with van der Waals surface area (Å²) in [6.45, 7) is 7.27. The molecule has 0 fully saturated rings. The Hall–Kier alpha value is -1.02. The lowest BCUT2D eigenvalue weighted by Crippen LogP contribution is -2.38. The van der Waals surface area contributed by atoms with Crippen LogP contribution in [0.3, 0.4) is 0 Å². The monoisotopic (exact) mass is 248 g/mol. The Balaban J connectivity index is 2.72. The maximum atomic E-state index is 5.93. The molecular weight excluding hydrogens is 220 g/mol. The van der Waals surface area contributed by atoms with Crippen molar-refractivity contribution in [3.63, 3.8) is 0 Å². The van der Waals surface area contributed by atoms with Crippen LogP contribution in [-0.4, -0.2) is 19.6 Å². The molecule has 0 bridgehead atoms. The van der Waals surface area contributed by atoms with Crippen molar-refractivity contribution < 1.29 is 0 Å². The first-order chi connectivity index (χ1) is 8.58. The van der Waals surface area contributed by atoms with Gasteiger partial charge in [-0.1, -0.05) is 32.3 Å². The number of likely N-dealkylation sites (N-methyl/N-ethyl adjacent to an activating group) is 1. The first-order valence-corrected chi connectivity index (χ1v) is 7.09. The Morgan fingerprint density at radius 3 is 2.22 bits per heavy atom. The van der Waals surface area contributed by atoms with E-state index in [4.69, 9.17) is 5.73 Å². The van der Waals surface area contributed by atoms with E-state index in [0.717, 1.165) is 6.54 Å². The highest BCUT2D eigenvalue weighted by atomic mass is 15.1. The van der Waals surface area contributed by atoms with Gasteiger partial charge in [-0.25, -0.2) is 0 Å². The largest absolute Gasteiger partial charge is 0.370 e. The van der Waals surface area contributed by atoms with E-state index in [0.29, 0.717) is 6.04 Å². The van der Waals surface area contributed by atoms with Crippen LogP contribution in [0.2, 0.25) is 0 Å². The zero-order valence-corrected chi connectivity index (χ0v) is 12.4. The number of aryl methyl sites for hydroxylation is 2. The van der Waals surface area contributed by atoms with Crippen molar-refractivity contribution in [2.24, 2.45) is 5.73 Å². The SMILES string of the molecule is CCCCCC(CN)N(C)c1cc(C)cc(C)c1. The molecule has 0 spiro atoms. The molecule has 102 valence electrons. The topological polar surface area (TPSA) is 29.3 Å². The fourth-order valence-corrected chi connectivity index (χ4v) is 2.46. The fraction of sp³-hybridized carbons (Fsp3) is 0.625. The molecule has 0 heterocycles. The van der Waals surface area contributed by atoms with E-state index in [2.05, 4.69) is 50.9 Å². The summed E-state index contributed by atoms with van der Waals surface area (Å²) in [6, 6.07) is 7.16. The third kappa shape index (κ3) is 4.34. The standard InChI is InChI=1S/C16H28N2/c1-5-6-7-8-15(12-17)18(4)16-10-13(2)9-14(3)11-16/h9-11,15H,5-8,12,17H2,1-4H3. The second kappa shape index (κ2) is 7.42. The van der Waals surface area contributed by atoms with Crippen LogP contribution >= 0.6 is 0 Å². The lowest BCUT2D eigenvalue weighted by atomic mass is 10.1. The molecule has 1 atom stereocenters. The van der Waals surface area contributed by atoms with Crippen LogP contribution in [0.15, 0.2) is 18.2 Å². The maximum absolute atomic E-state index is 5.93. The predicted molar refractivity (Wildman–Crippen MR) is 81.3 cm³/mol. The van der Waals surface area contributed by atoms with Crippen LogP contribution in [-0.2, 0) is 0 Å². The molecule has 2 N–H and O–H groups in total. The highest BCUT2D eigenvalue weighted by Crippen LogP contribution is 2.21. The normalized spacial score (nSPS) is 12.5. The van der Waals surface area contributed by atoms with Crippen LogP contribution in [0.1, 0.15) is 43.7 Å². The number of benzene rings is 1. The highest BCUT2D eigenvalue weighted by molar-refractivity contribution is 5.51. The molecule has 1 rings (SSSR count). The summed E-state index contributed by atoms with van der Waals surface area (Å²) in [5.74, 6) is 0. The van der Waals surface area contributed by atoms with Gasteiger partial charge in [-0.3, -0.25) is 0 Å². The summed E-state index contributed by atoms with van der Waals surface area (Å²) in [7, 11) is 2.16. The Morgan fingerprint density at radius 1 is 1.11 bits per heavy atom. The highest BCUT2D eigenvalue weighted by Gasteiger charge is 2.13. The molecule has 0 radical (unpaired) electrons. The van der Waals surface area contributed by atoms with Gasteiger partial charge in [0.05, 0.1) is 0 Å². The molecule has 1 aromatic rings. The molecular formula is C16H28N2. The second-order valence-electron chi connectivity index (χ2n) is 5.34. The van der Waals surface area contributed by atoms with Gasteiger partial charge in [-0.2, -0.15) is 0 Å². The molecule has 0 saturated carbocycles. The minimum Gasteiger partial charge on any atom is -0.370 e. The molecule has 1 aromatic carbocycles. The third-order valence-corrected chi connectivity index (χ3v) is 3.57. The molecule has 0 aromatic heterocycles. The molecule has 0 aliphatic carbocycles. The lowest BCUT2D eigenvalue weighted by Gasteiger charge is -2.30. The van der Waals surface area contributed by atoms with Gasteiger partial charge in [0, 0.05) is 25.3 Å². The second-order valence-corrected chi connectivity index (χ2v) is 5.34. The van der Waals surface area contributed by atoms with Crippen molar-refractivity contribution in [1.29, 1.82) is 0 Å². The average molecular weight is 248 g/mol.